The molecule has 4 heterocycles. The lowest BCUT2D eigenvalue weighted by atomic mass is 10.1. The van der Waals surface area contributed by atoms with Gasteiger partial charge in [0.25, 0.3) is 0 Å². The van der Waals surface area contributed by atoms with Crippen LogP contribution in [0.1, 0.15) is 0 Å². The summed E-state index contributed by atoms with van der Waals surface area (Å²) in [6.45, 7) is 0. The molecule has 0 atom stereocenters. The number of furan rings is 1. The summed E-state index contributed by atoms with van der Waals surface area (Å²) >= 11 is 0. The first-order valence-corrected chi connectivity index (χ1v) is 25.8. The molecular weight excluding hydrogens is 869 g/mol. The van der Waals surface area contributed by atoms with Crippen molar-refractivity contribution in [1.82, 2.24) is 19.1 Å². The van der Waals surface area contributed by atoms with Gasteiger partial charge in [-0.1, -0.05) is 194 Å². The van der Waals surface area contributed by atoms with Crippen molar-refractivity contribution in [3.63, 3.8) is 0 Å². The highest BCUT2D eigenvalue weighted by Gasteiger charge is 2.41. The molecule has 70 heavy (non-hydrogen) atoms. The van der Waals surface area contributed by atoms with Crippen LogP contribution in [0.5, 0.6) is 0 Å². The summed E-state index contributed by atoms with van der Waals surface area (Å²) < 4.78 is 11.2. The first-order valence-electron chi connectivity index (χ1n) is 23.8. The van der Waals surface area contributed by atoms with Gasteiger partial charge in [0.1, 0.15) is 17.0 Å². The molecule has 6 heteroatoms. The smallest absolute Gasteiger partial charge is 0.179 e. The van der Waals surface area contributed by atoms with Crippen LogP contribution in [0.4, 0.5) is 0 Å². The molecule has 0 aliphatic heterocycles. The molecular formula is C64H42N4OSi. The van der Waals surface area contributed by atoms with Crippen LogP contribution in [0.15, 0.2) is 259 Å². The fraction of sp³-hybridized carbons (Fsp3) is 0. The summed E-state index contributed by atoms with van der Waals surface area (Å²) in [6.07, 6.45) is 0. The van der Waals surface area contributed by atoms with Gasteiger partial charge in [0, 0.05) is 55.2 Å². The number of nitrogens with zero attached hydrogens (tertiary/aromatic N) is 4. The van der Waals surface area contributed by atoms with Crippen molar-refractivity contribution in [2.75, 3.05) is 0 Å². The topological polar surface area (TPSA) is 48.8 Å². The maximum atomic E-state index is 6.48. The van der Waals surface area contributed by atoms with Crippen molar-refractivity contribution < 1.29 is 4.42 Å². The van der Waals surface area contributed by atoms with Gasteiger partial charge >= 0.3 is 0 Å². The molecule has 0 saturated carbocycles. The van der Waals surface area contributed by atoms with E-state index in [0.717, 1.165) is 72.1 Å². The Kier molecular flexibility index (Phi) is 9.15. The lowest BCUT2D eigenvalue weighted by Gasteiger charge is -2.34. The van der Waals surface area contributed by atoms with E-state index in [0.29, 0.717) is 5.82 Å². The van der Waals surface area contributed by atoms with Crippen LogP contribution in [-0.4, -0.2) is 27.2 Å². The Morgan fingerprint density at radius 3 is 1.47 bits per heavy atom. The minimum absolute atomic E-state index is 0.643. The first-order chi connectivity index (χ1) is 34.7. The second-order valence-corrected chi connectivity index (χ2v) is 21.9. The number of fused-ring (bicyclic) bond motifs is 9. The Bertz CT molecular complexity index is 4160. The normalized spacial score (nSPS) is 12.0. The zero-order chi connectivity index (χ0) is 46.2. The molecule has 14 aromatic rings. The lowest BCUT2D eigenvalue weighted by Crippen LogP contribution is -2.74. The summed E-state index contributed by atoms with van der Waals surface area (Å²) in [7, 11) is -2.87. The third-order valence-electron chi connectivity index (χ3n) is 14.3. The molecule has 0 unspecified atom stereocenters. The van der Waals surface area contributed by atoms with Gasteiger partial charge in [0.05, 0.1) is 27.8 Å². The first kappa shape index (κ1) is 40.0. The zero-order valence-corrected chi connectivity index (χ0v) is 38.9. The summed E-state index contributed by atoms with van der Waals surface area (Å²) in [5.41, 5.74) is 9.98. The van der Waals surface area contributed by atoms with Gasteiger partial charge in [-0.3, -0.25) is 4.57 Å². The highest BCUT2D eigenvalue weighted by atomic mass is 28.3. The average Bonchev–Trinajstić information content (AvgIpc) is 4.09. The summed E-state index contributed by atoms with van der Waals surface area (Å²) in [6, 6.07) is 91.9. The highest BCUT2D eigenvalue weighted by molar-refractivity contribution is 7.19. The van der Waals surface area contributed by atoms with Gasteiger partial charge in [0.15, 0.2) is 13.9 Å². The molecule has 5 nitrogen and oxygen atoms in total. The molecule has 0 radical (unpaired) electrons. The van der Waals surface area contributed by atoms with E-state index in [-0.39, 0.29) is 0 Å². The summed E-state index contributed by atoms with van der Waals surface area (Å²) in [5, 5.41) is 12.1. The van der Waals surface area contributed by atoms with E-state index >= 15 is 0 Å². The molecule has 14 rings (SSSR count). The SMILES string of the molecule is c1ccc([Si](c2ccccc2)(c2ccccc2)c2cccc(-c3nc(-c4ccc5c(c4)oc4ccccc45)cc(-n4c5ccccc5c5cc(-n6c7ccccc7c7ccccc76)ccc54)n3)c2)cc1. The van der Waals surface area contributed by atoms with Gasteiger partial charge in [-0.15, -0.1) is 0 Å². The number of hydrogen-bond donors (Lipinski definition) is 0. The van der Waals surface area contributed by atoms with Crippen molar-refractivity contribution in [3.05, 3.63) is 255 Å². The van der Waals surface area contributed by atoms with Gasteiger partial charge in [0.2, 0.25) is 0 Å². The monoisotopic (exact) mass is 910 g/mol. The van der Waals surface area contributed by atoms with Crippen molar-refractivity contribution in [2.24, 2.45) is 0 Å². The maximum absolute atomic E-state index is 6.48. The molecule has 0 amide bonds. The Morgan fingerprint density at radius 2 is 0.829 bits per heavy atom. The molecule has 0 aliphatic carbocycles. The molecule has 0 saturated heterocycles. The van der Waals surface area contributed by atoms with Crippen LogP contribution in [0.2, 0.25) is 0 Å². The third-order valence-corrected chi connectivity index (χ3v) is 19.1. The molecule has 328 valence electrons. The van der Waals surface area contributed by atoms with Crippen LogP contribution in [0.3, 0.4) is 0 Å². The average molecular weight is 911 g/mol. The largest absolute Gasteiger partial charge is 0.456 e. The number of hydrogen-bond acceptors (Lipinski definition) is 3. The molecule has 10 aromatic carbocycles. The Labute approximate surface area is 404 Å². The van der Waals surface area contributed by atoms with E-state index in [2.05, 4.69) is 252 Å². The highest BCUT2D eigenvalue weighted by Crippen LogP contribution is 2.38. The van der Waals surface area contributed by atoms with E-state index in [1.807, 2.05) is 12.1 Å². The molecule has 4 aromatic heterocycles. The minimum atomic E-state index is -2.87. The number of aromatic nitrogens is 4. The van der Waals surface area contributed by atoms with Crippen molar-refractivity contribution >= 4 is 94.4 Å². The summed E-state index contributed by atoms with van der Waals surface area (Å²) in [4.78, 5) is 11.1. The Morgan fingerprint density at radius 1 is 0.314 bits per heavy atom. The molecule has 0 aliphatic rings. The van der Waals surface area contributed by atoms with Crippen molar-refractivity contribution in [3.8, 4) is 34.2 Å². The van der Waals surface area contributed by atoms with Crippen molar-refractivity contribution in [1.29, 1.82) is 0 Å². The molecule has 0 N–H and O–H groups in total. The summed E-state index contributed by atoms with van der Waals surface area (Å²) in [5.74, 6) is 1.42. The van der Waals surface area contributed by atoms with Crippen molar-refractivity contribution in [2.45, 2.75) is 0 Å². The fourth-order valence-electron chi connectivity index (χ4n) is 11.2. The minimum Gasteiger partial charge on any atom is -0.456 e. The molecule has 0 fully saturated rings. The van der Waals surface area contributed by atoms with Crippen LogP contribution in [-0.2, 0) is 0 Å². The Hall–Kier alpha value is -9.10. The Balaban J connectivity index is 1.01. The number of para-hydroxylation sites is 4. The fourth-order valence-corrected chi connectivity index (χ4v) is 16.0. The van der Waals surface area contributed by atoms with Crippen LogP contribution < -0.4 is 20.7 Å². The predicted octanol–water partition coefficient (Wildman–Crippen LogP) is 13.3. The van der Waals surface area contributed by atoms with E-state index in [1.165, 1.54) is 42.6 Å². The van der Waals surface area contributed by atoms with Crippen LogP contribution in [0, 0.1) is 0 Å². The second-order valence-electron chi connectivity index (χ2n) is 18.1. The maximum Gasteiger partial charge on any atom is 0.179 e. The number of rotatable bonds is 8. The zero-order valence-electron chi connectivity index (χ0n) is 37.9. The van der Waals surface area contributed by atoms with E-state index in [1.54, 1.807) is 0 Å². The van der Waals surface area contributed by atoms with E-state index in [9.17, 15) is 0 Å². The lowest BCUT2D eigenvalue weighted by molar-refractivity contribution is 0.669. The third kappa shape index (κ3) is 6.17. The quantitative estimate of drug-likeness (QED) is 0.113. The number of benzene rings is 10. The van der Waals surface area contributed by atoms with E-state index in [4.69, 9.17) is 14.4 Å². The second kappa shape index (κ2) is 16.0. The van der Waals surface area contributed by atoms with Gasteiger partial charge in [-0.25, -0.2) is 9.97 Å². The van der Waals surface area contributed by atoms with Crippen LogP contribution >= 0.6 is 0 Å². The predicted molar refractivity (Wildman–Crippen MR) is 292 cm³/mol. The van der Waals surface area contributed by atoms with Crippen LogP contribution in [0.25, 0.3) is 99.7 Å². The van der Waals surface area contributed by atoms with E-state index < -0.39 is 8.07 Å². The standard InChI is InChI=1S/C64H42N4OSi/c1-4-20-46(21-5-1)70(47-22-6-2-7-23-47,48-24-8-3-9-25-48)49-26-18-19-44(39-49)64-65-56(43-35-37-54-53-30-13-17-34-61(53)69-62(54)40-43)42-63(66-64)68-59-33-16-12-29-52(59)55-41-45(36-38-60(55)68)67-57-31-14-10-27-50(57)51-28-11-15-32-58(51)67/h1-42H. The van der Waals surface area contributed by atoms with Gasteiger partial charge in [-0.05, 0) is 75.3 Å². The van der Waals surface area contributed by atoms with Gasteiger partial charge < -0.3 is 8.98 Å². The van der Waals surface area contributed by atoms with Gasteiger partial charge in [-0.2, -0.15) is 0 Å². The molecule has 0 spiro atoms. The molecule has 0 bridgehead atoms.